The number of fused-ring (bicyclic) bond motifs is 1. The molecule has 0 radical (unpaired) electrons. The average molecular weight is 285 g/mol. The summed E-state index contributed by atoms with van der Waals surface area (Å²) >= 11 is 0. The standard InChI is InChI=1S/C13H19NO4S/c15-8-6-14(7-9-16)19(17,18)13-5-4-11-2-1-3-12(11)10-13/h4-5,10,15-16H,1-3,6-9H2. The Labute approximate surface area is 113 Å². The van der Waals surface area contributed by atoms with Gasteiger partial charge >= 0.3 is 0 Å². The Balaban J connectivity index is 2.32. The molecule has 0 aliphatic heterocycles. The first kappa shape index (κ1) is 14.5. The van der Waals surface area contributed by atoms with E-state index in [4.69, 9.17) is 10.2 Å². The molecule has 2 N–H and O–H groups in total. The minimum atomic E-state index is -3.63. The maximum Gasteiger partial charge on any atom is 0.243 e. The van der Waals surface area contributed by atoms with Crippen LogP contribution in [0, 0.1) is 0 Å². The number of hydrogen-bond acceptors (Lipinski definition) is 4. The van der Waals surface area contributed by atoms with Gasteiger partial charge in [-0.05, 0) is 42.5 Å². The van der Waals surface area contributed by atoms with E-state index in [9.17, 15) is 8.42 Å². The second-order valence-corrected chi connectivity index (χ2v) is 6.57. The fraction of sp³-hybridized carbons (Fsp3) is 0.538. The molecule has 1 aliphatic carbocycles. The highest BCUT2D eigenvalue weighted by Crippen LogP contribution is 2.26. The highest BCUT2D eigenvalue weighted by molar-refractivity contribution is 7.89. The first-order chi connectivity index (χ1) is 9.09. The number of aliphatic hydroxyl groups excluding tert-OH is 2. The third kappa shape index (κ3) is 2.97. The monoisotopic (exact) mass is 285 g/mol. The van der Waals surface area contributed by atoms with Gasteiger partial charge in [0.15, 0.2) is 0 Å². The quantitative estimate of drug-likeness (QED) is 0.780. The van der Waals surface area contributed by atoms with Crippen LogP contribution in [0.4, 0.5) is 0 Å². The normalized spacial score (nSPS) is 14.9. The minimum absolute atomic E-state index is 0.0000217. The molecule has 1 aromatic rings. The van der Waals surface area contributed by atoms with Crippen molar-refractivity contribution in [1.82, 2.24) is 4.31 Å². The number of benzene rings is 1. The summed E-state index contributed by atoms with van der Waals surface area (Å²) in [4.78, 5) is 0.245. The third-order valence-electron chi connectivity index (χ3n) is 3.41. The summed E-state index contributed by atoms with van der Waals surface area (Å²) in [5.41, 5.74) is 2.31. The van der Waals surface area contributed by atoms with Crippen molar-refractivity contribution in [3.8, 4) is 0 Å². The summed E-state index contributed by atoms with van der Waals surface area (Å²) in [6, 6.07) is 5.20. The van der Waals surface area contributed by atoms with Crippen LogP contribution in [0.15, 0.2) is 23.1 Å². The Morgan fingerprint density at radius 1 is 1.05 bits per heavy atom. The van der Waals surface area contributed by atoms with E-state index in [0.29, 0.717) is 0 Å². The molecule has 19 heavy (non-hydrogen) atoms. The third-order valence-corrected chi connectivity index (χ3v) is 5.30. The lowest BCUT2D eigenvalue weighted by Crippen LogP contribution is -2.35. The Bertz CT molecular complexity index is 536. The van der Waals surface area contributed by atoms with E-state index in [-0.39, 0.29) is 31.2 Å². The summed E-state index contributed by atoms with van der Waals surface area (Å²) < 4.78 is 25.9. The molecule has 0 fully saturated rings. The van der Waals surface area contributed by atoms with Gasteiger partial charge in [-0.2, -0.15) is 4.31 Å². The largest absolute Gasteiger partial charge is 0.395 e. The second kappa shape index (κ2) is 6.00. The Kier molecular flexibility index (Phi) is 4.57. The van der Waals surface area contributed by atoms with Crippen LogP contribution in [0.3, 0.4) is 0 Å². The lowest BCUT2D eigenvalue weighted by atomic mass is 10.1. The molecule has 106 valence electrons. The Morgan fingerprint density at radius 2 is 1.68 bits per heavy atom. The molecule has 1 aromatic carbocycles. The smallest absolute Gasteiger partial charge is 0.243 e. The van der Waals surface area contributed by atoms with Crippen molar-refractivity contribution in [1.29, 1.82) is 0 Å². The predicted molar refractivity (Wildman–Crippen MR) is 71.4 cm³/mol. The van der Waals surface area contributed by atoms with Crippen LogP contribution in [0.1, 0.15) is 17.5 Å². The van der Waals surface area contributed by atoms with Gasteiger partial charge in [0.2, 0.25) is 10.0 Å². The molecule has 0 bridgehead atoms. The fourth-order valence-electron chi connectivity index (χ4n) is 2.43. The molecule has 0 heterocycles. The van der Waals surface area contributed by atoms with Crippen molar-refractivity contribution in [3.05, 3.63) is 29.3 Å². The van der Waals surface area contributed by atoms with Crippen LogP contribution in [0.25, 0.3) is 0 Å². The second-order valence-electron chi connectivity index (χ2n) is 4.64. The van der Waals surface area contributed by atoms with Gasteiger partial charge in [-0.3, -0.25) is 0 Å². The van der Waals surface area contributed by atoms with Gasteiger partial charge in [0.25, 0.3) is 0 Å². The van der Waals surface area contributed by atoms with Crippen LogP contribution in [-0.4, -0.2) is 49.2 Å². The van der Waals surface area contributed by atoms with Gasteiger partial charge in [0.1, 0.15) is 0 Å². The summed E-state index contributed by atoms with van der Waals surface area (Å²) in [7, 11) is -3.63. The molecule has 0 saturated carbocycles. The van der Waals surface area contributed by atoms with Gasteiger partial charge in [-0.15, -0.1) is 0 Å². The molecular formula is C13H19NO4S. The van der Waals surface area contributed by atoms with Gasteiger partial charge in [0, 0.05) is 13.1 Å². The van der Waals surface area contributed by atoms with Crippen molar-refractivity contribution in [2.75, 3.05) is 26.3 Å². The SMILES string of the molecule is O=S(=O)(c1ccc2c(c1)CCC2)N(CCO)CCO. The summed E-state index contributed by atoms with van der Waals surface area (Å²) in [6.07, 6.45) is 2.99. The van der Waals surface area contributed by atoms with Gasteiger partial charge in [0.05, 0.1) is 18.1 Å². The average Bonchev–Trinajstić information content (AvgIpc) is 2.85. The molecule has 0 spiro atoms. The molecule has 0 amide bonds. The Morgan fingerprint density at radius 3 is 2.32 bits per heavy atom. The zero-order valence-corrected chi connectivity index (χ0v) is 11.6. The Hall–Kier alpha value is -0.950. The molecule has 5 nitrogen and oxygen atoms in total. The maximum absolute atomic E-state index is 12.4. The molecule has 0 atom stereocenters. The van der Waals surface area contributed by atoms with E-state index in [1.807, 2.05) is 6.07 Å². The number of rotatable bonds is 6. The van der Waals surface area contributed by atoms with E-state index in [2.05, 4.69) is 0 Å². The van der Waals surface area contributed by atoms with Crippen LogP contribution < -0.4 is 0 Å². The van der Waals surface area contributed by atoms with E-state index < -0.39 is 10.0 Å². The van der Waals surface area contributed by atoms with Gasteiger partial charge < -0.3 is 10.2 Å². The van der Waals surface area contributed by atoms with E-state index >= 15 is 0 Å². The zero-order chi connectivity index (χ0) is 13.9. The molecule has 0 saturated heterocycles. The van der Waals surface area contributed by atoms with Crippen LogP contribution >= 0.6 is 0 Å². The first-order valence-corrected chi connectivity index (χ1v) is 7.87. The number of nitrogens with zero attached hydrogens (tertiary/aromatic N) is 1. The van der Waals surface area contributed by atoms with Crippen LogP contribution in [0.2, 0.25) is 0 Å². The van der Waals surface area contributed by atoms with Crippen molar-refractivity contribution < 1.29 is 18.6 Å². The molecule has 0 unspecified atom stereocenters. The number of aryl methyl sites for hydroxylation is 2. The number of aliphatic hydroxyl groups is 2. The van der Waals surface area contributed by atoms with Gasteiger partial charge in [-0.25, -0.2) is 8.42 Å². The highest BCUT2D eigenvalue weighted by Gasteiger charge is 2.25. The summed E-state index contributed by atoms with van der Waals surface area (Å²) in [5.74, 6) is 0. The summed E-state index contributed by atoms with van der Waals surface area (Å²) in [6.45, 7) is -0.520. The molecule has 2 rings (SSSR count). The number of hydrogen-bond donors (Lipinski definition) is 2. The van der Waals surface area contributed by atoms with Gasteiger partial charge in [-0.1, -0.05) is 6.07 Å². The summed E-state index contributed by atoms with van der Waals surface area (Å²) in [5, 5.41) is 17.9. The molecule has 6 heteroatoms. The van der Waals surface area contributed by atoms with Crippen LogP contribution in [-0.2, 0) is 22.9 Å². The molecular weight excluding hydrogens is 266 g/mol. The topological polar surface area (TPSA) is 77.8 Å². The fourth-order valence-corrected chi connectivity index (χ4v) is 3.91. The van der Waals surface area contributed by atoms with E-state index in [0.717, 1.165) is 29.1 Å². The van der Waals surface area contributed by atoms with E-state index in [1.54, 1.807) is 12.1 Å². The lowest BCUT2D eigenvalue weighted by Gasteiger charge is -2.20. The van der Waals surface area contributed by atoms with Crippen molar-refractivity contribution in [3.63, 3.8) is 0 Å². The van der Waals surface area contributed by atoms with E-state index in [1.165, 1.54) is 5.56 Å². The van der Waals surface area contributed by atoms with Crippen molar-refractivity contribution in [2.24, 2.45) is 0 Å². The van der Waals surface area contributed by atoms with Crippen molar-refractivity contribution >= 4 is 10.0 Å². The molecule has 0 aromatic heterocycles. The van der Waals surface area contributed by atoms with Crippen LogP contribution in [0.5, 0.6) is 0 Å². The lowest BCUT2D eigenvalue weighted by molar-refractivity contribution is 0.217. The van der Waals surface area contributed by atoms with Crippen molar-refractivity contribution in [2.45, 2.75) is 24.2 Å². The maximum atomic E-state index is 12.4. The minimum Gasteiger partial charge on any atom is -0.395 e. The number of sulfonamides is 1. The zero-order valence-electron chi connectivity index (χ0n) is 10.7. The predicted octanol–water partition coefficient (Wildman–Crippen LogP) is 0.151. The molecule has 1 aliphatic rings. The first-order valence-electron chi connectivity index (χ1n) is 6.43. The highest BCUT2D eigenvalue weighted by atomic mass is 32.2.